The second kappa shape index (κ2) is 8.05. The highest BCUT2D eigenvalue weighted by Gasteiger charge is 2.33. The van der Waals surface area contributed by atoms with Gasteiger partial charge in [-0.3, -0.25) is 4.79 Å². The van der Waals surface area contributed by atoms with Crippen molar-refractivity contribution in [3.63, 3.8) is 0 Å². The molecule has 0 spiro atoms. The molecule has 0 bridgehead atoms. The largest absolute Gasteiger partial charge is 0.443 e. The Morgan fingerprint density at radius 2 is 2.18 bits per heavy atom. The van der Waals surface area contributed by atoms with Gasteiger partial charge in [-0.2, -0.15) is 0 Å². The molecule has 0 radical (unpaired) electrons. The molecule has 1 saturated heterocycles. The van der Waals surface area contributed by atoms with E-state index >= 15 is 0 Å². The fraction of sp³-hybridized carbons (Fsp3) is 0.381. The third-order valence-electron chi connectivity index (χ3n) is 5.06. The third kappa shape index (κ3) is 3.98. The number of aryl methyl sites for hydroxylation is 2. The summed E-state index contributed by atoms with van der Waals surface area (Å²) in [6.07, 6.45) is 4.56. The summed E-state index contributed by atoms with van der Waals surface area (Å²) in [5.41, 5.74) is 1.95. The van der Waals surface area contributed by atoms with Gasteiger partial charge in [-0.15, -0.1) is 11.3 Å². The van der Waals surface area contributed by atoms with E-state index in [0.717, 1.165) is 46.3 Å². The van der Waals surface area contributed by atoms with Gasteiger partial charge in [-0.05, 0) is 38.3 Å². The molecule has 1 aliphatic heterocycles. The minimum absolute atomic E-state index is 0.0955. The predicted molar refractivity (Wildman–Crippen MR) is 110 cm³/mol. The molecule has 0 N–H and O–H groups in total. The van der Waals surface area contributed by atoms with Crippen LogP contribution in [0, 0.1) is 13.8 Å². The van der Waals surface area contributed by atoms with E-state index in [0.29, 0.717) is 23.8 Å². The lowest BCUT2D eigenvalue weighted by molar-refractivity contribution is -0.131. The highest BCUT2D eigenvalue weighted by atomic mass is 35.5. The van der Waals surface area contributed by atoms with E-state index in [1.807, 2.05) is 43.0 Å². The van der Waals surface area contributed by atoms with Gasteiger partial charge in [0, 0.05) is 22.9 Å². The number of carbonyl (C=O) groups is 1. The topological polar surface area (TPSA) is 59.2 Å². The van der Waals surface area contributed by atoms with Gasteiger partial charge in [0.25, 0.3) is 0 Å². The Labute approximate surface area is 173 Å². The predicted octanol–water partition coefficient (Wildman–Crippen LogP) is 4.90. The monoisotopic (exact) mass is 415 g/mol. The zero-order valence-corrected chi connectivity index (χ0v) is 17.5. The van der Waals surface area contributed by atoms with Crippen molar-refractivity contribution < 1.29 is 9.21 Å². The van der Waals surface area contributed by atoms with E-state index in [1.54, 1.807) is 17.5 Å². The number of hydrogen-bond acceptors (Lipinski definition) is 5. The second-order valence-electron chi connectivity index (χ2n) is 7.10. The van der Waals surface area contributed by atoms with Gasteiger partial charge in [-0.25, -0.2) is 9.97 Å². The Morgan fingerprint density at radius 3 is 2.93 bits per heavy atom. The number of halogens is 1. The van der Waals surface area contributed by atoms with Gasteiger partial charge in [0.15, 0.2) is 0 Å². The van der Waals surface area contributed by atoms with Crippen molar-refractivity contribution in [2.45, 2.75) is 45.6 Å². The molecule has 4 rings (SSSR count). The van der Waals surface area contributed by atoms with Gasteiger partial charge in [0.2, 0.25) is 11.8 Å². The van der Waals surface area contributed by atoms with Crippen LogP contribution in [0.1, 0.15) is 51.7 Å². The van der Waals surface area contributed by atoms with E-state index in [1.165, 1.54) is 0 Å². The zero-order valence-electron chi connectivity index (χ0n) is 15.9. The molecular formula is C21H22ClN3O2S. The maximum Gasteiger partial charge on any atom is 0.228 e. The van der Waals surface area contributed by atoms with Crippen molar-refractivity contribution in [2.75, 3.05) is 6.54 Å². The summed E-state index contributed by atoms with van der Waals surface area (Å²) in [7, 11) is 0. The first-order valence-corrected chi connectivity index (χ1v) is 10.6. The van der Waals surface area contributed by atoms with Crippen LogP contribution in [0.15, 0.2) is 34.9 Å². The summed E-state index contributed by atoms with van der Waals surface area (Å²) in [5.74, 6) is 1.49. The number of nitrogens with zero attached hydrogens (tertiary/aromatic N) is 3. The van der Waals surface area contributed by atoms with E-state index in [-0.39, 0.29) is 11.9 Å². The molecule has 1 amide bonds. The second-order valence-corrected chi connectivity index (χ2v) is 8.79. The molecule has 1 fully saturated rings. The highest BCUT2D eigenvalue weighted by molar-refractivity contribution is 7.11. The van der Waals surface area contributed by atoms with Crippen molar-refractivity contribution in [1.82, 2.24) is 14.9 Å². The minimum Gasteiger partial charge on any atom is -0.443 e. The van der Waals surface area contributed by atoms with E-state index in [9.17, 15) is 4.79 Å². The third-order valence-corrected chi connectivity index (χ3v) is 6.51. The van der Waals surface area contributed by atoms with Crippen LogP contribution < -0.4 is 0 Å². The van der Waals surface area contributed by atoms with E-state index in [2.05, 4.69) is 9.97 Å². The number of carbonyl (C=O) groups excluding carboxylic acids is 1. The lowest BCUT2D eigenvalue weighted by atomic mass is 10.1. The van der Waals surface area contributed by atoms with Crippen LogP contribution in [0.5, 0.6) is 0 Å². The van der Waals surface area contributed by atoms with Crippen molar-refractivity contribution in [3.8, 4) is 0 Å². The normalized spacial score (nSPS) is 16.7. The molecule has 146 valence electrons. The van der Waals surface area contributed by atoms with Gasteiger partial charge in [-0.1, -0.05) is 29.8 Å². The lowest BCUT2D eigenvalue weighted by Crippen LogP contribution is -2.32. The molecule has 0 unspecified atom stereocenters. The maximum atomic E-state index is 12.9. The Bertz CT molecular complexity index is 997. The van der Waals surface area contributed by atoms with Crippen LogP contribution in [0.2, 0.25) is 5.02 Å². The van der Waals surface area contributed by atoms with Crippen LogP contribution in [-0.2, 0) is 17.6 Å². The Balaban J connectivity index is 1.48. The highest BCUT2D eigenvalue weighted by Crippen LogP contribution is 2.33. The molecule has 7 heteroatoms. The van der Waals surface area contributed by atoms with Crippen LogP contribution in [-0.4, -0.2) is 27.3 Å². The fourth-order valence-corrected chi connectivity index (χ4v) is 4.82. The Kier molecular flexibility index (Phi) is 5.51. The van der Waals surface area contributed by atoms with Gasteiger partial charge in [0.1, 0.15) is 11.8 Å². The number of oxazole rings is 1. The minimum atomic E-state index is -0.0955. The first-order chi connectivity index (χ1) is 13.5. The summed E-state index contributed by atoms with van der Waals surface area (Å²) in [4.78, 5) is 24.8. The number of hydrogen-bond donors (Lipinski definition) is 0. The summed E-state index contributed by atoms with van der Waals surface area (Å²) in [6, 6.07) is 7.62. The van der Waals surface area contributed by atoms with Crippen molar-refractivity contribution in [2.24, 2.45) is 0 Å². The molecule has 2 aromatic heterocycles. The first-order valence-electron chi connectivity index (χ1n) is 9.41. The molecular weight excluding hydrogens is 394 g/mol. The quantitative estimate of drug-likeness (QED) is 0.594. The van der Waals surface area contributed by atoms with Crippen LogP contribution >= 0.6 is 22.9 Å². The molecule has 5 nitrogen and oxygen atoms in total. The smallest absolute Gasteiger partial charge is 0.228 e. The number of thiazole rings is 1. The Morgan fingerprint density at radius 1 is 1.36 bits per heavy atom. The molecule has 1 aromatic carbocycles. The van der Waals surface area contributed by atoms with Crippen LogP contribution in [0.4, 0.5) is 0 Å². The van der Waals surface area contributed by atoms with Crippen LogP contribution in [0.25, 0.3) is 0 Å². The zero-order chi connectivity index (χ0) is 19.7. The number of likely N-dealkylation sites (tertiary alicyclic amines) is 1. The summed E-state index contributed by atoms with van der Waals surface area (Å²) in [5, 5.41) is 1.71. The average molecular weight is 416 g/mol. The first kappa shape index (κ1) is 19.2. The molecule has 3 heterocycles. The molecule has 0 saturated carbocycles. The SMILES string of the molecule is Cc1nc(C)c(CC(=O)N2CCC[C@H]2c2ncc(Cc3ccccc3Cl)o2)s1. The lowest BCUT2D eigenvalue weighted by Gasteiger charge is -2.22. The fourth-order valence-electron chi connectivity index (χ4n) is 3.69. The number of amides is 1. The molecule has 3 aromatic rings. The van der Waals surface area contributed by atoms with E-state index in [4.69, 9.17) is 16.0 Å². The summed E-state index contributed by atoms with van der Waals surface area (Å²) >= 11 is 7.84. The molecule has 1 aliphatic rings. The molecule has 28 heavy (non-hydrogen) atoms. The number of benzene rings is 1. The molecule has 0 aliphatic carbocycles. The average Bonchev–Trinajstić information content (AvgIpc) is 3.37. The van der Waals surface area contributed by atoms with Crippen molar-refractivity contribution in [3.05, 3.63) is 68.3 Å². The number of aromatic nitrogens is 2. The van der Waals surface area contributed by atoms with Crippen LogP contribution in [0.3, 0.4) is 0 Å². The summed E-state index contributed by atoms with van der Waals surface area (Å²) in [6.45, 7) is 4.67. The maximum absolute atomic E-state index is 12.9. The van der Waals surface area contributed by atoms with Crippen molar-refractivity contribution in [1.29, 1.82) is 0 Å². The van der Waals surface area contributed by atoms with Gasteiger partial charge in [0.05, 0.1) is 23.3 Å². The van der Waals surface area contributed by atoms with Gasteiger partial charge < -0.3 is 9.32 Å². The summed E-state index contributed by atoms with van der Waals surface area (Å²) < 4.78 is 6.01. The van der Waals surface area contributed by atoms with Gasteiger partial charge >= 0.3 is 0 Å². The molecule has 1 atom stereocenters. The van der Waals surface area contributed by atoms with E-state index < -0.39 is 0 Å². The number of rotatable bonds is 5. The van der Waals surface area contributed by atoms with Crippen molar-refractivity contribution >= 4 is 28.8 Å². The standard InChI is InChI=1S/C21H22ClN3O2S/c1-13-19(28-14(2)24-13)11-20(26)25-9-5-8-18(25)21-23-12-16(27-21)10-15-6-3-4-7-17(15)22/h3-4,6-7,12,18H,5,8-11H2,1-2H3/t18-/m0/s1. The Hall–Kier alpha value is -2.18.